The number of fused-ring (bicyclic) bond motifs is 1. The Morgan fingerprint density at radius 1 is 1.19 bits per heavy atom. The molecule has 0 atom stereocenters. The highest BCUT2D eigenvalue weighted by Gasteiger charge is 2.37. The number of carbonyl (C=O) groups excluding carboxylic acids is 3. The minimum atomic E-state index is -3.56. The first-order chi connectivity index (χ1) is 12.4. The Hall–Kier alpha value is -1.94. The third-order valence-corrected chi connectivity index (χ3v) is 5.43. The number of ether oxygens (including phenoxy) is 1. The number of alkyl halides is 1. The second-order valence-electron chi connectivity index (χ2n) is 7.01. The minimum Gasteiger partial charge on any atom is -0.459 e. The van der Waals surface area contributed by atoms with E-state index in [0.717, 1.165) is 4.90 Å². The van der Waals surface area contributed by atoms with E-state index >= 15 is 0 Å². The van der Waals surface area contributed by atoms with Crippen molar-refractivity contribution in [1.29, 1.82) is 0 Å². The van der Waals surface area contributed by atoms with Gasteiger partial charge in [0, 0.05) is 11.0 Å². The van der Waals surface area contributed by atoms with Crippen LogP contribution in [-0.2, 0) is 19.6 Å². The number of rotatable bonds is 7. The Morgan fingerprint density at radius 3 is 2.41 bits per heavy atom. The first-order valence-electron chi connectivity index (χ1n) is 8.22. The molecule has 1 aromatic carbocycles. The van der Waals surface area contributed by atoms with E-state index in [1.165, 1.54) is 18.2 Å². The Balaban J connectivity index is 2.18. The molecule has 8 nitrogen and oxygen atoms in total. The summed E-state index contributed by atoms with van der Waals surface area (Å²) in [6, 6.07) is 4.08. The van der Waals surface area contributed by atoms with Crippen molar-refractivity contribution in [2.24, 2.45) is 0 Å². The van der Waals surface area contributed by atoms with Gasteiger partial charge in [0.15, 0.2) is 0 Å². The molecular weight excluding hydrogens is 440 g/mol. The van der Waals surface area contributed by atoms with Crippen molar-refractivity contribution in [2.45, 2.75) is 32.8 Å². The second kappa shape index (κ2) is 7.97. The summed E-state index contributed by atoms with van der Waals surface area (Å²) >= 11 is 3.17. The zero-order chi connectivity index (χ0) is 20.4. The molecule has 2 amide bonds. The summed E-state index contributed by atoms with van der Waals surface area (Å²) in [7, 11) is -3.56. The molecule has 10 heteroatoms. The van der Waals surface area contributed by atoms with Gasteiger partial charge in [-0.1, -0.05) is 15.9 Å². The van der Waals surface area contributed by atoms with Crippen LogP contribution in [0.5, 0.6) is 0 Å². The molecule has 0 fully saturated rings. The molecule has 0 spiro atoms. The maximum atomic E-state index is 12.5. The van der Waals surface area contributed by atoms with E-state index in [2.05, 4.69) is 20.7 Å². The fourth-order valence-corrected chi connectivity index (χ4v) is 4.24. The van der Waals surface area contributed by atoms with Gasteiger partial charge in [-0.05, 0) is 45.4 Å². The zero-order valence-corrected chi connectivity index (χ0v) is 17.6. The summed E-state index contributed by atoms with van der Waals surface area (Å²) in [5.41, 5.74) is -0.393. The number of hydrogen-bond acceptors (Lipinski definition) is 6. The smallest absolute Gasteiger partial charge is 0.326 e. The molecule has 1 aliphatic heterocycles. The number of halogens is 1. The van der Waals surface area contributed by atoms with Crippen LogP contribution in [0.1, 0.15) is 47.9 Å². The Morgan fingerprint density at radius 2 is 1.81 bits per heavy atom. The Labute approximate surface area is 166 Å². The largest absolute Gasteiger partial charge is 0.459 e. The molecular formula is C17H21BrN2O6S. The van der Waals surface area contributed by atoms with Gasteiger partial charge in [0.25, 0.3) is 11.8 Å². The molecule has 0 radical (unpaired) electrons. The van der Waals surface area contributed by atoms with Crippen LogP contribution in [0.15, 0.2) is 18.2 Å². The number of hydrogen-bond donors (Lipinski definition) is 1. The van der Waals surface area contributed by atoms with E-state index in [4.69, 9.17) is 4.74 Å². The molecule has 2 rings (SSSR count). The number of nitrogens with one attached hydrogen (secondary N) is 1. The van der Waals surface area contributed by atoms with Crippen molar-refractivity contribution in [1.82, 2.24) is 4.90 Å². The fourth-order valence-electron chi connectivity index (χ4n) is 2.48. The van der Waals surface area contributed by atoms with E-state index in [1.54, 1.807) is 20.8 Å². The van der Waals surface area contributed by atoms with Crippen molar-refractivity contribution in [3.8, 4) is 0 Å². The number of anilines is 1. The van der Waals surface area contributed by atoms with Crippen LogP contribution in [0.3, 0.4) is 0 Å². The monoisotopic (exact) mass is 460 g/mol. The molecule has 0 saturated heterocycles. The van der Waals surface area contributed by atoms with E-state index < -0.39 is 40.0 Å². The third-order valence-electron chi connectivity index (χ3n) is 3.50. The van der Waals surface area contributed by atoms with Gasteiger partial charge in [-0.15, -0.1) is 0 Å². The normalized spacial score (nSPS) is 14.3. The quantitative estimate of drug-likeness (QED) is 0.379. The predicted molar refractivity (Wildman–Crippen MR) is 103 cm³/mol. The number of nitrogens with zero attached hydrogens (tertiary/aromatic N) is 1. The summed E-state index contributed by atoms with van der Waals surface area (Å²) in [5.74, 6) is -2.06. The maximum absolute atomic E-state index is 12.5. The van der Waals surface area contributed by atoms with Crippen LogP contribution < -0.4 is 4.72 Å². The average Bonchev–Trinajstić information content (AvgIpc) is 2.76. The maximum Gasteiger partial charge on any atom is 0.326 e. The van der Waals surface area contributed by atoms with E-state index in [-0.39, 0.29) is 22.6 Å². The van der Waals surface area contributed by atoms with Crippen molar-refractivity contribution in [2.75, 3.05) is 22.3 Å². The van der Waals surface area contributed by atoms with Crippen LogP contribution in [-0.4, -0.2) is 54.3 Å². The summed E-state index contributed by atoms with van der Waals surface area (Å²) in [5, 5.41) is 0.546. The average molecular weight is 461 g/mol. The first kappa shape index (κ1) is 21.4. The second-order valence-corrected chi connectivity index (χ2v) is 9.64. The molecule has 27 heavy (non-hydrogen) atoms. The summed E-state index contributed by atoms with van der Waals surface area (Å²) in [6.45, 7) is 4.54. The lowest BCUT2D eigenvalue weighted by Gasteiger charge is -2.21. The molecule has 0 unspecified atom stereocenters. The van der Waals surface area contributed by atoms with Gasteiger partial charge in [-0.2, -0.15) is 0 Å². The van der Waals surface area contributed by atoms with Crippen LogP contribution >= 0.6 is 15.9 Å². The number of esters is 1. The predicted octanol–water partition coefficient (Wildman–Crippen LogP) is 2.15. The van der Waals surface area contributed by atoms with Gasteiger partial charge in [0.1, 0.15) is 12.1 Å². The van der Waals surface area contributed by atoms with Crippen LogP contribution in [0.25, 0.3) is 0 Å². The minimum absolute atomic E-state index is 0.0456. The molecule has 1 aromatic rings. The van der Waals surface area contributed by atoms with Gasteiger partial charge < -0.3 is 4.74 Å². The van der Waals surface area contributed by atoms with Crippen LogP contribution in [0.4, 0.5) is 5.69 Å². The molecule has 0 aromatic heterocycles. The number of benzene rings is 1. The van der Waals surface area contributed by atoms with Gasteiger partial charge in [-0.25, -0.2) is 8.42 Å². The lowest BCUT2D eigenvalue weighted by Crippen LogP contribution is -2.38. The van der Waals surface area contributed by atoms with Crippen molar-refractivity contribution >= 4 is 49.4 Å². The number of amides is 2. The number of imide groups is 1. The van der Waals surface area contributed by atoms with E-state index in [1.807, 2.05) is 0 Å². The molecule has 1 heterocycles. The topological polar surface area (TPSA) is 110 Å². The number of carbonyl (C=O) groups is 3. The third kappa shape index (κ3) is 5.52. The van der Waals surface area contributed by atoms with Crippen molar-refractivity contribution < 1.29 is 27.5 Å². The summed E-state index contributed by atoms with van der Waals surface area (Å²) in [6.07, 6.45) is 0.432. The lowest BCUT2D eigenvalue weighted by molar-refractivity contribution is -0.155. The summed E-state index contributed by atoms with van der Waals surface area (Å²) < 4.78 is 31.5. The standard InChI is InChI=1S/C17H21BrN2O6S/c1-17(2,3)26-14(21)10-20-15(22)12-6-5-11(9-13(12)16(20)23)19-27(24,25)8-4-7-18/h5-6,9,19H,4,7-8,10H2,1-3H3. The van der Waals surface area contributed by atoms with Crippen LogP contribution in [0, 0.1) is 0 Å². The van der Waals surface area contributed by atoms with E-state index in [9.17, 15) is 22.8 Å². The van der Waals surface area contributed by atoms with Crippen molar-refractivity contribution in [3.63, 3.8) is 0 Å². The highest BCUT2D eigenvalue weighted by atomic mass is 79.9. The highest BCUT2D eigenvalue weighted by molar-refractivity contribution is 9.09. The molecule has 148 valence electrons. The van der Waals surface area contributed by atoms with Gasteiger partial charge in [0.05, 0.1) is 16.9 Å². The molecule has 0 saturated carbocycles. The van der Waals surface area contributed by atoms with Crippen molar-refractivity contribution in [3.05, 3.63) is 29.3 Å². The Kier molecular flexibility index (Phi) is 6.31. The first-order valence-corrected chi connectivity index (χ1v) is 11.0. The summed E-state index contributed by atoms with van der Waals surface area (Å²) in [4.78, 5) is 37.7. The van der Waals surface area contributed by atoms with E-state index in [0.29, 0.717) is 11.8 Å². The van der Waals surface area contributed by atoms with Gasteiger partial charge >= 0.3 is 5.97 Å². The molecule has 0 bridgehead atoms. The van der Waals surface area contributed by atoms with Gasteiger partial charge in [-0.3, -0.25) is 24.0 Å². The number of sulfonamides is 1. The SMILES string of the molecule is CC(C)(C)OC(=O)CN1C(=O)c2ccc(NS(=O)(=O)CCCBr)cc2C1=O. The molecule has 1 N–H and O–H groups in total. The molecule has 0 aliphatic carbocycles. The van der Waals surface area contributed by atoms with Crippen LogP contribution in [0.2, 0.25) is 0 Å². The van der Waals surface area contributed by atoms with Gasteiger partial charge in [0.2, 0.25) is 10.0 Å². The molecule has 1 aliphatic rings. The Bertz CT molecular complexity index is 876. The highest BCUT2D eigenvalue weighted by Crippen LogP contribution is 2.26. The zero-order valence-electron chi connectivity index (χ0n) is 15.2. The fraction of sp³-hybridized carbons (Fsp3) is 0.471. The lowest BCUT2D eigenvalue weighted by atomic mass is 10.1.